The summed E-state index contributed by atoms with van der Waals surface area (Å²) in [5.74, 6) is -2.25. The Morgan fingerprint density at radius 2 is 2.30 bits per heavy atom. The summed E-state index contributed by atoms with van der Waals surface area (Å²) >= 11 is 6.32. The lowest BCUT2D eigenvalue weighted by atomic mass is 10.0. The van der Waals surface area contributed by atoms with Crippen molar-refractivity contribution in [2.75, 3.05) is 25.0 Å². The molecule has 144 valence electrons. The standard InChI is InChI=1S/C16H18ClF2N7O/c1-2-27-14-9-3-5-21-13(9)24-15(25-14)23-10-7-22-26(12(10)17)11-8-20-6-4-16(11,18)19/h3,5,7,11,20H,2,4,6,8H2,1H3,(H2,21,23,24,25). The molecule has 4 heterocycles. The molecular weight excluding hydrogens is 380 g/mol. The number of H-pyrrole nitrogens is 1. The van der Waals surface area contributed by atoms with E-state index in [2.05, 4.69) is 30.7 Å². The molecular formula is C16H18ClF2N7O. The van der Waals surface area contributed by atoms with Gasteiger partial charge in [0.15, 0.2) is 5.15 Å². The highest BCUT2D eigenvalue weighted by atomic mass is 35.5. The first-order valence-electron chi connectivity index (χ1n) is 8.56. The van der Waals surface area contributed by atoms with E-state index < -0.39 is 12.0 Å². The number of nitrogens with zero attached hydrogens (tertiary/aromatic N) is 4. The molecule has 0 aromatic carbocycles. The van der Waals surface area contributed by atoms with Gasteiger partial charge in [0.2, 0.25) is 11.8 Å². The number of anilines is 2. The zero-order valence-electron chi connectivity index (χ0n) is 14.5. The van der Waals surface area contributed by atoms with Gasteiger partial charge in [-0.25, -0.2) is 13.5 Å². The molecule has 3 N–H and O–H groups in total. The van der Waals surface area contributed by atoms with Gasteiger partial charge in [0.1, 0.15) is 11.7 Å². The van der Waals surface area contributed by atoms with Crippen LogP contribution in [0.1, 0.15) is 19.4 Å². The molecule has 8 nitrogen and oxygen atoms in total. The van der Waals surface area contributed by atoms with Gasteiger partial charge in [-0.05, 0) is 13.0 Å². The zero-order chi connectivity index (χ0) is 19.0. The quantitative estimate of drug-likeness (QED) is 0.612. The molecule has 3 aromatic rings. The first kappa shape index (κ1) is 17.9. The molecule has 4 rings (SSSR count). The SMILES string of the molecule is CCOc1nc(Nc2cnn(C3CNCCC3(F)F)c2Cl)nc2[nH]ccc12. The van der Waals surface area contributed by atoms with Crippen LogP contribution in [0.3, 0.4) is 0 Å². The molecule has 1 aliphatic rings. The van der Waals surface area contributed by atoms with Gasteiger partial charge in [0.05, 0.1) is 23.9 Å². The Morgan fingerprint density at radius 1 is 1.44 bits per heavy atom. The summed E-state index contributed by atoms with van der Waals surface area (Å²) in [5.41, 5.74) is 0.925. The lowest BCUT2D eigenvalue weighted by Crippen LogP contribution is -2.46. The molecule has 0 aliphatic carbocycles. The molecule has 27 heavy (non-hydrogen) atoms. The molecule has 1 saturated heterocycles. The Bertz CT molecular complexity index is 958. The van der Waals surface area contributed by atoms with Crippen molar-refractivity contribution >= 4 is 34.3 Å². The number of aromatic amines is 1. The highest BCUT2D eigenvalue weighted by Crippen LogP contribution is 2.37. The third-order valence-corrected chi connectivity index (χ3v) is 4.78. The third-order valence-electron chi connectivity index (χ3n) is 4.40. The van der Waals surface area contributed by atoms with Gasteiger partial charge >= 0.3 is 0 Å². The minimum absolute atomic E-state index is 0.0662. The molecule has 0 saturated carbocycles. The van der Waals surface area contributed by atoms with Crippen molar-refractivity contribution in [2.24, 2.45) is 0 Å². The number of hydrogen-bond donors (Lipinski definition) is 3. The van der Waals surface area contributed by atoms with Crippen molar-refractivity contribution in [3.8, 4) is 5.88 Å². The number of ether oxygens (including phenoxy) is 1. The highest BCUT2D eigenvalue weighted by Gasteiger charge is 2.44. The average Bonchev–Trinajstić information content (AvgIpc) is 3.23. The monoisotopic (exact) mass is 397 g/mol. The fourth-order valence-corrected chi connectivity index (χ4v) is 3.32. The van der Waals surface area contributed by atoms with Crippen LogP contribution >= 0.6 is 11.6 Å². The van der Waals surface area contributed by atoms with Crippen LogP contribution < -0.4 is 15.4 Å². The van der Waals surface area contributed by atoms with E-state index in [-0.39, 0.29) is 30.6 Å². The van der Waals surface area contributed by atoms with Crippen LogP contribution in [0.5, 0.6) is 5.88 Å². The van der Waals surface area contributed by atoms with E-state index in [1.54, 1.807) is 6.20 Å². The van der Waals surface area contributed by atoms with Gasteiger partial charge in [0, 0.05) is 25.7 Å². The number of piperidine rings is 1. The van der Waals surface area contributed by atoms with E-state index in [0.717, 1.165) is 10.1 Å². The fourth-order valence-electron chi connectivity index (χ4n) is 3.06. The minimum Gasteiger partial charge on any atom is -0.477 e. The zero-order valence-corrected chi connectivity index (χ0v) is 15.2. The summed E-state index contributed by atoms with van der Waals surface area (Å²) in [5, 5.41) is 10.7. The van der Waals surface area contributed by atoms with Crippen LogP contribution in [-0.4, -0.2) is 50.4 Å². The van der Waals surface area contributed by atoms with Crippen LogP contribution in [0.2, 0.25) is 5.15 Å². The van der Waals surface area contributed by atoms with Crippen LogP contribution in [0.15, 0.2) is 18.5 Å². The first-order chi connectivity index (χ1) is 13.0. The Balaban J connectivity index is 1.64. The fraction of sp³-hybridized carbons (Fsp3) is 0.438. The van der Waals surface area contributed by atoms with Crippen molar-refractivity contribution in [1.29, 1.82) is 0 Å². The molecule has 0 radical (unpaired) electrons. The minimum atomic E-state index is -2.89. The lowest BCUT2D eigenvalue weighted by molar-refractivity contribution is -0.0745. The summed E-state index contributed by atoms with van der Waals surface area (Å²) in [6, 6.07) is 0.660. The molecule has 3 aromatic heterocycles. The van der Waals surface area contributed by atoms with Crippen LogP contribution in [0.4, 0.5) is 20.4 Å². The molecule has 1 atom stereocenters. The van der Waals surface area contributed by atoms with E-state index in [1.807, 2.05) is 13.0 Å². The van der Waals surface area contributed by atoms with Crippen molar-refractivity contribution in [3.63, 3.8) is 0 Å². The number of alkyl halides is 2. The number of fused-ring (bicyclic) bond motifs is 1. The van der Waals surface area contributed by atoms with E-state index in [1.165, 1.54) is 6.20 Å². The Labute approximate surface area is 158 Å². The number of halogens is 3. The second-order valence-corrected chi connectivity index (χ2v) is 6.53. The first-order valence-corrected chi connectivity index (χ1v) is 8.94. The summed E-state index contributed by atoms with van der Waals surface area (Å²) in [6.07, 6.45) is 2.85. The van der Waals surface area contributed by atoms with E-state index >= 15 is 0 Å². The lowest BCUT2D eigenvalue weighted by Gasteiger charge is -2.32. The summed E-state index contributed by atoms with van der Waals surface area (Å²) in [7, 11) is 0. The summed E-state index contributed by atoms with van der Waals surface area (Å²) < 4.78 is 35.1. The smallest absolute Gasteiger partial charge is 0.272 e. The van der Waals surface area contributed by atoms with Crippen LogP contribution in [0.25, 0.3) is 11.0 Å². The number of hydrogen-bond acceptors (Lipinski definition) is 6. The van der Waals surface area contributed by atoms with Gasteiger partial charge in [-0.3, -0.25) is 0 Å². The van der Waals surface area contributed by atoms with Gasteiger partial charge < -0.3 is 20.4 Å². The summed E-state index contributed by atoms with van der Waals surface area (Å²) in [4.78, 5) is 11.7. The van der Waals surface area contributed by atoms with E-state index in [9.17, 15) is 8.78 Å². The molecule has 1 aliphatic heterocycles. The Hall–Kier alpha value is -2.46. The van der Waals surface area contributed by atoms with Crippen LogP contribution in [0, 0.1) is 0 Å². The summed E-state index contributed by atoms with van der Waals surface area (Å²) in [6.45, 7) is 2.65. The average molecular weight is 398 g/mol. The maximum atomic E-state index is 14.2. The van der Waals surface area contributed by atoms with Crippen molar-refractivity contribution in [3.05, 3.63) is 23.6 Å². The van der Waals surface area contributed by atoms with Gasteiger partial charge in [-0.1, -0.05) is 11.6 Å². The third kappa shape index (κ3) is 3.30. The highest BCUT2D eigenvalue weighted by molar-refractivity contribution is 6.32. The Morgan fingerprint density at radius 3 is 3.07 bits per heavy atom. The van der Waals surface area contributed by atoms with Gasteiger partial charge in [-0.15, -0.1) is 0 Å². The molecule has 11 heteroatoms. The van der Waals surface area contributed by atoms with Crippen molar-refractivity contribution in [2.45, 2.75) is 25.3 Å². The molecule has 1 fully saturated rings. The van der Waals surface area contributed by atoms with Crippen molar-refractivity contribution in [1.82, 2.24) is 30.0 Å². The molecule has 0 spiro atoms. The van der Waals surface area contributed by atoms with E-state index in [0.29, 0.717) is 23.8 Å². The van der Waals surface area contributed by atoms with Gasteiger partial charge in [-0.2, -0.15) is 15.1 Å². The normalized spacial score (nSPS) is 19.3. The molecule has 0 amide bonds. The largest absolute Gasteiger partial charge is 0.477 e. The number of rotatable bonds is 5. The topological polar surface area (TPSA) is 92.7 Å². The van der Waals surface area contributed by atoms with E-state index in [4.69, 9.17) is 16.3 Å². The second-order valence-electron chi connectivity index (χ2n) is 6.17. The van der Waals surface area contributed by atoms with Crippen molar-refractivity contribution < 1.29 is 13.5 Å². The Kier molecular flexibility index (Phi) is 4.60. The van der Waals surface area contributed by atoms with Crippen LogP contribution in [-0.2, 0) is 0 Å². The predicted molar refractivity (Wildman–Crippen MR) is 97.0 cm³/mol. The number of aromatic nitrogens is 5. The maximum Gasteiger partial charge on any atom is 0.272 e. The van der Waals surface area contributed by atoms with Gasteiger partial charge in [0.25, 0.3) is 5.92 Å². The predicted octanol–water partition coefficient (Wildman–Crippen LogP) is 3.12. The molecule has 0 bridgehead atoms. The maximum absolute atomic E-state index is 14.2. The number of nitrogens with one attached hydrogen (secondary N) is 3. The second kappa shape index (κ2) is 6.93. The molecule has 1 unspecified atom stereocenters.